The Morgan fingerprint density at radius 3 is 2.63 bits per heavy atom. The molecule has 0 aromatic heterocycles. The van der Waals surface area contributed by atoms with Gasteiger partial charge < -0.3 is 14.9 Å². The monoisotopic (exact) mass is 428 g/mol. The number of carbonyl (C=O) groups is 1. The van der Waals surface area contributed by atoms with Gasteiger partial charge in [-0.2, -0.15) is 0 Å². The first-order chi connectivity index (χ1) is 14.0. The molecule has 1 saturated heterocycles. The van der Waals surface area contributed by atoms with Gasteiger partial charge in [0.05, 0.1) is 11.0 Å². The van der Waals surface area contributed by atoms with Crippen LogP contribution in [0.15, 0.2) is 40.7 Å². The molecular weight excluding hydrogens is 400 g/mol. The summed E-state index contributed by atoms with van der Waals surface area (Å²) >= 11 is 6.08. The molecule has 2 aliphatic carbocycles. The van der Waals surface area contributed by atoms with E-state index in [4.69, 9.17) is 16.3 Å². The Hall–Kier alpha value is -2.20. The van der Waals surface area contributed by atoms with E-state index in [-0.39, 0.29) is 33.8 Å². The molecule has 2 fully saturated rings. The van der Waals surface area contributed by atoms with Crippen LogP contribution in [-0.4, -0.2) is 21.6 Å². The van der Waals surface area contributed by atoms with Gasteiger partial charge in [-0.3, -0.25) is 4.79 Å². The smallest absolute Gasteiger partial charge is 0.193 e. The summed E-state index contributed by atoms with van der Waals surface area (Å²) < 4.78 is 6.55. The van der Waals surface area contributed by atoms with Crippen LogP contribution in [0, 0.1) is 5.92 Å². The number of phenolic OH excluding ortho intramolecular Hbond substituents is 2. The molecule has 0 amide bonds. The third-order valence-corrected chi connectivity index (χ3v) is 7.54. The molecule has 0 radical (unpaired) electrons. The third kappa shape index (κ3) is 2.84. The largest absolute Gasteiger partial charge is 0.506 e. The van der Waals surface area contributed by atoms with Crippen molar-refractivity contribution in [1.29, 1.82) is 0 Å². The number of ether oxygens (including phenoxy) is 1. The summed E-state index contributed by atoms with van der Waals surface area (Å²) in [6.07, 6.45) is 7.04. The van der Waals surface area contributed by atoms with E-state index in [9.17, 15) is 15.0 Å². The number of fused-ring (bicyclic) bond motifs is 1. The fourth-order valence-corrected chi connectivity index (χ4v) is 5.76. The predicted molar refractivity (Wildman–Crippen MR) is 118 cm³/mol. The van der Waals surface area contributed by atoms with Crippen LogP contribution < -0.4 is 0 Å². The number of benzene rings is 1. The first-order valence-electron chi connectivity index (χ1n) is 10.5. The quantitative estimate of drug-likeness (QED) is 0.550. The Kier molecular flexibility index (Phi) is 4.85. The number of halogens is 1. The van der Waals surface area contributed by atoms with E-state index in [0.29, 0.717) is 17.7 Å². The molecule has 1 saturated carbocycles. The fourth-order valence-electron chi connectivity index (χ4n) is 5.61. The highest BCUT2D eigenvalue weighted by molar-refractivity contribution is 6.34. The van der Waals surface area contributed by atoms with E-state index >= 15 is 0 Å². The molecule has 1 aromatic carbocycles. The Bertz CT molecular complexity index is 1040. The molecule has 3 aliphatic rings. The lowest BCUT2D eigenvalue weighted by molar-refractivity contribution is 0.0169. The lowest BCUT2D eigenvalue weighted by Gasteiger charge is -2.35. The zero-order chi connectivity index (χ0) is 22.0. The highest BCUT2D eigenvalue weighted by Crippen LogP contribution is 2.67. The molecule has 1 aliphatic heterocycles. The minimum atomic E-state index is -0.574. The van der Waals surface area contributed by atoms with Gasteiger partial charge in [-0.25, -0.2) is 0 Å². The summed E-state index contributed by atoms with van der Waals surface area (Å²) in [6.45, 7) is 10.5. The number of allylic oxidation sites excluding steroid dienone is 6. The van der Waals surface area contributed by atoms with Gasteiger partial charge in [0.2, 0.25) is 0 Å². The molecule has 1 heterocycles. The summed E-state index contributed by atoms with van der Waals surface area (Å²) in [5, 5.41) is 20.9. The maximum Gasteiger partial charge on any atom is 0.193 e. The Balaban J connectivity index is 1.94. The van der Waals surface area contributed by atoms with Crippen molar-refractivity contribution in [1.82, 2.24) is 0 Å². The highest BCUT2D eigenvalue weighted by atomic mass is 35.5. The van der Waals surface area contributed by atoms with Crippen molar-refractivity contribution in [2.24, 2.45) is 5.92 Å². The van der Waals surface area contributed by atoms with E-state index < -0.39 is 11.0 Å². The van der Waals surface area contributed by atoms with Crippen molar-refractivity contribution >= 4 is 17.4 Å². The number of hydrogen-bond acceptors (Lipinski definition) is 4. The second-order valence-electron chi connectivity index (χ2n) is 9.60. The number of phenols is 2. The van der Waals surface area contributed by atoms with Gasteiger partial charge in [0, 0.05) is 12.0 Å². The van der Waals surface area contributed by atoms with Crippen molar-refractivity contribution in [3.8, 4) is 11.5 Å². The van der Waals surface area contributed by atoms with E-state index in [1.54, 1.807) is 6.07 Å². The van der Waals surface area contributed by atoms with Crippen LogP contribution >= 0.6 is 11.6 Å². The fraction of sp³-hybridized carbons (Fsp3) is 0.480. The zero-order valence-corrected chi connectivity index (χ0v) is 19.0. The Morgan fingerprint density at radius 1 is 1.30 bits per heavy atom. The molecule has 1 aromatic rings. The maximum absolute atomic E-state index is 12.9. The van der Waals surface area contributed by atoms with Crippen LogP contribution in [-0.2, 0) is 10.2 Å². The molecule has 160 valence electrons. The van der Waals surface area contributed by atoms with Gasteiger partial charge in [0.15, 0.2) is 5.78 Å². The molecule has 0 unspecified atom stereocenters. The molecule has 3 atom stereocenters. The zero-order valence-electron chi connectivity index (χ0n) is 18.2. The Morgan fingerprint density at radius 2 is 2.00 bits per heavy atom. The van der Waals surface area contributed by atoms with Gasteiger partial charge in [0.1, 0.15) is 27.9 Å². The van der Waals surface area contributed by atoms with Gasteiger partial charge in [0.25, 0.3) is 0 Å². The molecule has 4 nitrogen and oxygen atoms in total. The van der Waals surface area contributed by atoms with E-state index in [1.807, 2.05) is 0 Å². The van der Waals surface area contributed by atoms with Crippen molar-refractivity contribution < 1.29 is 19.7 Å². The van der Waals surface area contributed by atoms with Crippen LogP contribution in [0.4, 0.5) is 0 Å². The van der Waals surface area contributed by atoms with E-state index in [2.05, 4.69) is 40.7 Å². The molecule has 4 rings (SSSR count). The third-order valence-electron chi connectivity index (χ3n) is 7.17. The highest BCUT2D eigenvalue weighted by Gasteiger charge is 2.65. The van der Waals surface area contributed by atoms with Crippen molar-refractivity contribution in [3.63, 3.8) is 0 Å². The SMILES string of the molecule is CC(C)=CCC[C@]1(C)OC2=CC(=O)c3c(cc(O)c(Cl)c3O)[C@@]23CC(=C(C)C)C[C@@H]13. The van der Waals surface area contributed by atoms with Crippen molar-refractivity contribution in [2.75, 3.05) is 0 Å². The first kappa shape index (κ1) is 21.0. The molecule has 2 N–H and O–H groups in total. The molecule has 5 heteroatoms. The number of aromatic hydroxyl groups is 2. The number of carbonyl (C=O) groups excluding carboxylic acids is 1. The maximum atomic E-state index is 12.9. The summed E-state index contributed by atoms with van der Waals surface area (Å²) in [5.74, 6) is -0.133. The van der Waals surface area contributed by atoms with Crippen LogP contribution in [0.25, 0.3) is 0 Å². The van der Waals surface area contributed by atoms with Crippen LogP contribution in [0.3, 0.4) is 0 Å². The molecule has 1 spiro atoms. The van der Waals surface area contributed by atoms with E-state index in [0.717, 1.165) is 19.3 Å². The summed E-state index contributed by atoms with van der Waals surface area (Å²) in [5.41, 5.74) is 3.68. The average Bonchev–Trinajstić information content (AvgIpc) is 3.15. The number of hydrogen-bond donors (Lipinski definition) is 2. The second kappa shape index (κ2) is 6.91. The van der Waals surface area contributed by atoms with Crippen LogP contribution in [0.1, 0.15) is 76.2 Å². The normalized spacial score (nSPS) is 29.0. The minimum absolute atomic E-state index is 0.0959. The lowest BCUT2D eigenvalue weighted by Crippen LogP contribution is -2.39. The van der Waals surface area contributed by atoms with Crippen LogP contribution in [0.5, 0.6) is 11.5 Å². The van der Waals surface area contributed by atoms with E-state index in [1.165, 1.54) is 22.8 Å². The first-order valence-corrected chi connectivity index (χ1v) is 10.9. The van der Waals surface area contributed by atoms with Crippen LogP contribution in [0.2, 0.25) is 5.02 Å². The predicted octanol–water partition coefficient (Wildman–Crippen LogP) is 6.35. The lowest BCUT2D eigenvalue weighted by atomic mass is 9.63. The van der Waals surface area contributed by atoms with Gasteiger partial charge in [-0.05, 0) is 71.9 Å². The van der Waals surface area contributed by atoms with Crippen molar-refractivity contribution in [3.05, 3.63) is 56.8 Å². The topological polar surface area (TPSA) is 66.8 Å². The molecule has 30 heavy (non-hydrogen) atoms. The minimum Gasteiger partial charge on any atom is -0.506 e. The Labute approximate surface area is 182 Å². The molecule has 0 bridgehead atoms. The summed E-state index contributed by atoms with van der Waals surface area (Å²) in [6, 6.07) is 1.56. The molecular formula is C25H29ClO4. The van der Waals surface area contributed by atoms with Crippen molar-refractivity contribution in [2.45, 2.75) is 71.3 Å². The summed E-state index contributed by atoms with van der Waals surface area (Å²) in [7, 11) is 0. The van der Waals surface area contributed by atoms with Gasteiger partial charge in [-0.15, -0.1) is 0 Å². The average molecular weight is 429 g/mol. The number of ketones is 1. The van der Waals surface area contributed by atoms with Gasteiger partial charge >= 0.3 is 0 Å². The van der Waals surface area contributed by atoms with Gasteiger partial charge in [-0.1, -0.05) is 34.4 Å². The number of rotatable bonds is 3. The standard InChI is InChI=1S/C25H29ClO4/c1-13(2)7-6-8-24(5)19-9-15(14(3)4)12-25(19)16-10-18(28)22(26)23(29)21(16)17(27)11-20(25)30-24/h7,10-11,19,28-29H,6,8-9,12H2,1-5H3/t19-,24-,25+/m0/s1. The summed E-state index contributed by atoms with van der Waals surface area (Å²) in [4.78, 5) is 12.9. The second-order valence-corrected chi connectivity index (χ2v) is 9.97.